The molecule has 100 valence electrons. The van der Waals surface area contributed by atoms with Gasteiger partial charge in [-0.1, -0.05) is 31.9 Å². The normalized spacial score (nSPS) is 10.4. The molecule has 0 aliphatic heterocycles. The summed E-state index contributed by atoms with van der Waals surface area (Å²) in [6.45, 7) is 3.98. The van der Waals surface area contributed by atoms with Crippen molar-refractivity contribution in [3.8, 4) is 0 Å². The molecule has 0 aromatic heterocycles. The van der Waals surface area contributed by atoms with Crippen molar-refractivity contribution < 1.29 is 9.53 Å². The van der Waals surface area contributed by atoms with Crippen LogP contribution in [0, 0.1) is 6.92 Å². The van der Waals surface area contributed by atoms with Crippen molar-refractivity contribution in [2.45, 2.75) is 13.3 Å². The largest absolute Gasteiger partial charge is 0.381 e. The Bertz CT molecular complexity index is 376. The molecule has 0 spiro atoms. The molecule has 0 heterocycles. The summed E-state index contributed by atoms with van der Waals surface area (Å²) in [5.41, 5.74) is 1.75. The lowest BCUT2D eigenvalue weighted by molar-refractivity contribution is 0.0944. The van der Waals surface area contributed by atoms with Crippen LogP contribution in [0.4, 0.5) is 0 Å². The molecular formula is C13H17Br2NO2. The Morgan fingerprint density at radius 2 is 2.11 bits per heavy atom. The Morgan fingerprint density at radius 1 is 1.33 bits per heavy atom. The SMILES string of the molecule is Cc1cc(Br)cc(C(=O)NCCCOCCBr)c1. The number of aryl methyl sites for hydroxylation is 1. The van der Waals surface area contributed by atoms with Crippen LogP contribution in [0.2, 0.25) is 0 Å². The number of hydrogen-bond acceptors (Lipinski definition) is 2. The Hall–Kier alpha value is -0.390. The second-order valence-electron chi connectivity index (χ2n) is 3.93. The number of benzene rings is 1. The fraction of sp³-hybridized carbons (Fsp3) is 0.462. The average molecular weight is 379 g/mol. The number of amides is 1. The molecule has 0 fully saturated rings. The van der Waals surface area contributed by atoms with Crippen molar-refractivity contribution in [3.63, 3.8) is 0 Å². The predicted molar refractivity (Wildman–Crippen MR) is 80.4 cm³/mol. The summed E-state index contributed by atoms with van der Waals surface area (Å²) in [5.74, 6) is -0.0418. The first-order valence-corrected chi connectivity index (χ1v) is 7.74. The summed E-state index contributed by atoms with van der Waals surface area (Å²) in [5, 5.41) is 3.72. The first-order valence-electron chi connectivity index (χ1n) is 5.82. The van der Waals surface area contributed by atoms with E-state index in [1.165, 1.54) is 0 Å². The van der Waals surface area contributed by atoms with Gasteiger partial charge in [-0.2, -0.15) is 0 Å². The van der Waals surface area contributed by atoms with E-state index in [0.29, 0.717) is 25.3 Å². The van der Waals surface area contributed by atoms with E-state index in [1.807, 2.05) is 25.1 Å². The minimum absolute atomic E-state index is 0.0418. The molecule has 0 saturated heterocycles. The minimum Gasteiger partial charge on any atom is -0.381 e. The fourth-order valence-electron chi connectivity index (χ4n) is 1.50. The number of hydrogen-bond donors (Lipinski definition) is 1. The number of carbonyl (C=O) groups is 1. The Kier molecular flexibility index (Phi) is 7.54. The summed E-state index contributed by atoms with van der Waals surface area (Å²) in [6, 6.07) is 5.68. The topological polar surface area (TPSA) is 38.3 Å². The summed E-state index contributed by atoms with van der Waals surface area (Å²) >= 11 is 6.67. The molecule has 1 aromatic carbocycles. The number of carbonyl (C=O) groups excluding carboxylic acids is 1. The van der Waals surface area contributed by atoms with Gasteiger partial charge in [-0.05, 0) is 37.1 Å². The van der Waals surface area contributed by atoms with Gasteiger partial charge in [0.15, 0.2) is 0 Å². The maximum atomic E-state index is 11.9. The van der Waals surface area contributed by atoms with Gasteiger partial charge in [0, 0.05) is 28.5 Å². The molecule has 1 amide bonds. The molecule has 1 rings (SSSR count). The van der Waals surface area contributed by atoms with Crippen molar-refractivity contribution in [3.05, 3.63) is 33.8 Å². The zero-order valence-corrected chi connectivity index (χ0v) is 13.5. The molecule has 0 unspecified atom stereocenters. The smallest absolute Gasteiger partial charge is 0.251 e. The predicted octanol–water partition coefficient (Wildman–Crippen LogP) is 3.29. The molecule has 0 saturated carbocycles. The lowest BCUT2D eigenvalue weighted by atomic mass is 10.1. The molecule has 0 aliphatic carbocycles. The Labute approximate surface area is 125 Å². The van der Waals surface area contributed by atoms with Gasteiger partial charge < -0.3 is 10.1 Å². The van der Waals surface area contributed by atoms with E-state index >= 15 is 0 Å². The van der Waals surface area contributed by atoms with E-state index in [1.54, 1.807) is 0 Å². The highest BCUT2D eigenvalue weighted by molar-refractivity contribution is 9.10. The molecule has 0 radical (unpaired) electrons. The Morgan fingerprint density at radius 3 is 2.78 bits per heavy atom. The van der Waals surface area contributed by atoms with E-state index in [2.05, 4.69) is 37.2 Å². The van der Waals surface area contributed by atoms with Crippen LogP contribution in [0.25, 0.3) is 0 Å². The van der Waals surface area contributed by atoms with Crippen molar-refractivity contribution in [2.24, 2.45) is 0 Å². The second kappa shape index (κ2) is 8.67. The zero-order valence-electron chi connectivity index (χ0n) is 10.3. The van der Waals surface area contributed by atoms with E-state index in [-0.39, 0.29) is 5.91 Å². The summed E-state index contributed by atoms with van der Waals surface area (Å²) in [7, 11) is 0. The highest BCUT2D eigenvalue weighted by Gasteiger charge is 2.06. The highest BCUT2D eigenvalue weighted by Crippen LogP contribution is 2.15. The summed E-state index contributed by atoms with van der Waals surface area (Å²) < 4.78 is 6.23. The molecule has 1 aromatic rings. The number of ether oxygens (including phenoxy) is 1. The quantitative estimate of drug-likeness (QED) is 0.584. The van der Waals surface area contributed by atoms with Gasteiger partial charge in [0.1, 0.15) is 0 Å². The van der Waals surface area contributed by atoms with Crippen LogP contribution in [0.1, 0.15) is 22.3 Å². The van der Waals surface area contributed by atoms with Crippen molar-refractivity contribution in [1.29, 1.82) is 0 Å². The van der Waals surface area contributed by atoms with E-state index in [9.17, 15) is 4.79 Å². The number of nitrogens with one attached hydrogen (secondary N) is 1. The summed E-state index contributed by atoms with van der Waals surface area (Å²) in [6.07, 6.45) is 0.825. The van der Waals surface area contributed by atoms with E-state index in [0.717, 1.165) is 21.8 Å². The molecule has 3 nitrogen and oxygen atoms in total. The first-order chi connectivity index (χ1) is 8.63. The van der Waals surface area contributed by atoms with Crippen molar-refractivity contribution in [2.75, 3.05) is 25.1 Å². The third-order valence-electron chi connectivity index (χ3n) is 2.28. The zero-order chi connectivity index (χ0) is 13.4. The fourth-order valence-corrected chi connectivity index (χ4v) is 2.34. The van der Waals surface area contributed by atoms with Crippen LogP contribution >= 0.6 is 31.9 Å². The van der Waals surface area contributed by atoms with E-state index in [4.69, 9.17) is 4.74 Å². The lowest BCUT2D eigenvalue weighted by Crippen LogP contribution is -2.25. The van der Waals surface area contributed by atoms with Gasteiger partial charge in [0.2, 0.25) is 0 Å². The van der Waals surface area contributed by atoms with Gasteiger partial charge in [0.05, 0.1) is 6.61 Å². The third-order valence-corrected chi connectivity index (χ3v) is 3.06. The van der Waals surface area contributed by atoms with Crippen molar-refractivity contribution >= 4 is 37.8 Å². The minimum atomic E-state index is -0.0418. The molecule has 0 bridgehead atoms. The van der Waals surface area contributed by atoms with Gasteiger partial charge in [-0.15, -0.1) is 0 Å². The van der Waals surface area contributed by atoms with Gasteiger partial charge >= 0.3 is 0 Å². The van der Waals surface area contributed by atoms with Crippen LogP contribution in [-0.2, 0) is 4.74 Å². The molecule has 5 heteroatoms. The number of rotatable bonds is 7. The van der Waals surface area contributed by atoms with Gasteiger partial charge in [-0.3, -0.25) is 4.79 Å². The molecule has 18 heavy (non-hydrogen) atoms. The lowest BCUT2D eigenvalue weighted by Gasteiger charge is -2.07. The van der Waals surface area contributed by atoms with Gasteiger partial charge in [-0.25, -0.2) is 0 Å². The van der Waals surface area contributed by atoms with Crippen LogP contribution in [-0.4, -0.2) is 31.0 Å². The van der Waals surface area contributed by atoms with Crippen LogP contribution in [0.3, 0.4) is 0 Å². The first kappa shape index (κ1) is 15.7. The van der Waals surface area contributed by atoms with Gasteiger partial charge in [0.25, 0.3) is 5.91 Å². The van der Waals surface area contributed by atoms with Crippen molar-refractivity contribution in [1.82, 2.24) is 5.32 Å². The average Bonchev–Trinajstić information content (AvgIpc) is 2.32. The van der Waals surface area contributed by atoms with Crippen LogP contribution in [0.15, 0.2) is 22.7 Å². The molecule has 1 N–H and O–H groups in total. The Balaban J connectivity index is 2.32. The summed E-state index contributed by atoms with van der Waals surface area (Å²) in [4.78, 5) is 11.9. The molecule has 0 atom stereocenters. The maximum Gasteiger partial charge on any atom is 0.251 e. The molecular weight excluding hydrogens is 362 g/mol. The standard InChI is InChI=1S/C13H17Br2NO2/c1-10-7-11(9-12(15)8-10)13(17)16-4-2-5-18-6-3-14/h7-9H,2-6H2,1H3,(H,16,17). The number of alkyl halides is 1. The maximum absolute atomic E-state index is 11.9. The van der Waals surface area contributed by atoms with E-state index < -0.39 is 0 Å². The second-order valence-corrected chi connectivity index (χ2v) is 5.64. The van der Waals surface area contributed by atoms with Crippen LogP contribution < -0.4 is 5.32 Å². The third kappa shape index (κ3) is 5.98. The molecule has 0 aliphatic rings. The van der Waals surface area contributed by atoms with Crippen LogP contribution in [0.5, 0.6) is 0 Å². The highest BCUT2D eigenvalue weighted by atomic mass is 79.9. The monoisotopic (exact) mass is 377 g/mol. The number of halogens is 2.